The first kappa shape index (κ1) is 27.5. The molecule has 0 bridgehead atoms. The molecule has 6 heavy (non-hydrogen) atoms. The molecule has 3 nitrogen and oxygen atoms in total. The molecular weight excluding hydrogens is 193 g/mol. The van der Waals surface area contributed by atoms with Gasteiger partial charge in [-0.3, -0.25) is 0 Å². The van der Waals surface area contributed by atoms with Crippen LogP contribution in [0.5, 0.6) is 0 Å². The van der Waals surface area contributed by atoms with Crippen molar-refractivity contribution in [3.05, 3.63) is 0 Å². The summed E-state index contributed by atoms with van der Waals surface area (Å²) in [4.78, 5) is 0. The van der Waals surface area contributed by atoms with E-state index in [0.29, 0.717) is 0 Å². The van der Waals surface area contributed by atoms with E-state index in [1.807, 2.05) is 0 Å². The van der Waals surface area contributed by atoms with Crippen LogP contribution < -0.4 is 0 Å². The van der Waals surface area contributed by atoms with E-state index in [1.54, 1.807) is 20.3 Å². The van der Waals surface area contributed by atoms with Gasteiger partial charge in [0, 0.05) is 0 Å². The molecule has 0 N–H and O–H groups in total. The number of rotatable bonds is 0. The third-order valence-electron chi connectivity index (χ3n) is 0. The Kier molecular flexibility index (Phi) is 603. The molecule has 0 spiro atoms. The number of hydrogen-bond acceptors (Lipinski definition) is 2. The zero-order chi connectivity index (χ0) is 4.00. The van der Waals surface area contributed by atoms with Crippen LogP contribution in [0.3, 0.4) is 0 Å². The van der Waals surface area contributed by atoms with Gasteiger partial charge in [0.2, 0.25) is 0 Å². The Balaban J connectivity index is -0.00000000500. The monoisotopic (exact) mass is 193 g/mol. The molecule has 0 aliphatic rings. The van der Waals surface area contributed by atoms with Gasteiger partial charge in [0.05, 0.1) is 0 Å². The molecule has 0 heterocycles. The van der Waals surface area contributed by atoms with E-state index in [2.05, 4.69) is 0 Å². The van der Waals surface area contributed by atoms with Crippen LogP contribution in [0.15, 0.2) is 0 Å². The molecule has 0 rings (SSSR count). The first-order chi connectivity index (χ1) is 2.00. The van der Waals surface area contributed by atoms with E-state index in [1.165, 1.54) is 0 Å². The topological polar surface area (TPSA) is 62.6 Å². The third kappa shape index (κ3) is 71.0. The van der Waals surface area contributed by atoms with Crippen molar-refractivity contribution in [3.63, 3.8) is 0 Å². The molecular formula is O3Si2Y+5. The quantitative estimate of drug-likeness (QED) is 0.457. The van der Waals surface area contributed by atoms with Gasteiger partial charge in [-0.05, 0) is 0 Å². The molecule has 0 saturated carbocycles. The van der Waals surface area contributed by atoms with Crippen molar-refractivity contribution < 1.29 is 47.1 Å². The molecule has 0 aromatic rings. The SMILES string of the molecule is O=[Si+2].O=[Si+2].[O-2].[Y+3]. The molecule has 6 heteroatoms. The Morgan fingerprint density at radius 1 is 0.833 bits per heavy atom. The second kappa shape index (κ2) is 132. The van der Waals surface area contributed by atoms with Gasteiger partial charge in [-0.2, -0.15) is 0 Å². The van der Waals surface area contributed by atoms with Crippen LogP contribution in [0.25, 0.3) is 0 Å². The molecule has 0 amide bonds. The van der Waals surface area contributed by atoms with Crippen LogP contribution in [0.2, 0.25) is 0 Å². The normalized spacial score (nSPS) is 2.00. The molecule has 0 aliphatic carbocycles. The largest absolute Gasteiger partial charge is 3.00 e. The first-order valence-electron chi connectivity index (χ1n) is 0.408. The third-order valence-corrected chi connectivity index (χ3v) is 0. The summed E-state index contributed by atoms with van der Waals surface area (Å²) in [6.07, 6.45) is 0. The van der Waals surface area contributed by atoms with Crippen LogP contribution in [0, 0.1) is 0 Å². The van der Waals surface area contributed by atoms with Gasteiger partial charge in [-0.25, -0.2) is 0 Å². The summed E-state index contributed by atoms with van der Waals surface area (Å²) in [6.45, 7) is 0. The van der Waals surface area contributed by atoms with E-state index in [9.17, 15) is 0 Å². The van der Waals surface area contributed by atoms with Crippen molar-refractivity contribution in [2.45, 2.75) is 0 Å². The summed E-state index contributed by atoms with van der Waals surface area (Å²) >= 11 is 0. The van der Waals surface area contributed by atoms with E-state index in [4.69, 9.17) is 8.92 Å². The predicted molar refractivity (Wildman–Crippen MR) is 13.6 cm³/mol. The van der Waals surface area contributed by atoms with Gasteiger partial charge in [-0.1, -0.05) is 0 Å². The Labute approximate surface area is 67.0 Å². The van der Waals surface area contributed by atoms with Crippen LogP contribution in [0.1, 0.15) is 0 Å². The van der Waals surface area contributed by atoms with Crippen LogP contribution in [-0.2, 0) is 47.1 Å². The molecule has 0 aliphatic heterocycles. The number of hydrogen-bond donors (Lipinski definition) is 0. The second-order valence-corrected chi connectivity index (χ2v) is 0. The van der Waals surface area contributed by atoms with Gasteiger partial charge in [0.25, 0.3) is 0 Å². The molecule has 0 saturated heterocycles. The minimum Gasteiger partial charge on any atom is -2.00 e. The predicted octanol–water partition coefficient (Wildman–Crippen LogP) is -1.12. The maximum Gasteiger partial charge on any atom is 3.00 e. The molecule has 0 aromatic heterocycles. The Bertz CT molecular complexity index is 10.8. The molecule has 0 fully saturated rings. The maximum atomic E-state index is 8.06. The minimum absolute atomic E-state index is 0. The van der Waals surface area contributed by atoms with Crippen molar-refractivity contribution in [1.29, 1.82) is 0 Å². The standard InChI is InChI=1S/2OSi.O.Y/c2*1-2;;/q2*+2;-2;+3. The second-order valence-electron chi connectivity index (χ2n) is 0. The average Bonchev–Trinajstić information content (AvgIpc) is 1.50. The zero-order valence-corrected chi connectivity index (χ0v) is 7.64. The van der Waals surface area contributed by atoms with Crippen LogP contribution in [-0.4, -0.2) is 20.3 Å². The van der Waals surface area contributed by atoms with E-state index in [0.717, 1.165) is 0 Å². The summed E-state index contributed by atoms with van der Waals surface area (Å²) < 4.78 is 16.1. The van der Waals surface area contributed by atoms with Crippen molar-refractivity contribution in [2.24, 2.45) is 0 Å². The molecule has 0 radical (unpaired) electrons. The van der Waals surface area contributed by atoms with E-state index in [-0.39, 0.29) is 38.2 Å². The molecule has 0 atom stereocenters. The van der Waals surface area contributed by atoms with E-state index < -0.39 is 0 Å². The van der Waals surface area contributed by atoms with Crippen LogP contribution in [0.4, 0.5) is 0 Å². The van der Waals surface area contributed by atoms with Crippen molar-refractivity contribution >= 4 is 20.3 Å². The van der Waals surface area contributed by atoms with Gasteiger partial charge < -0.3 is 5.48 Å². The molecule has 0 aromatic carbocycles. The van der Waals surface area contributed by atoms with Gasteiger partial charge in [-0.15, -0.1) is 0 Å². The zero-order valence-electron chi connectivity index (χ0n) is 2.80. The maximum absolute atomic E-state index is 8.06. The smallest absolute Gasteiger partial charge is 2.00 e. The average molecular weight is 193 g/mol. The fraction of sp³-hybridized carbons (Fsp3) is 0. The Hall–Kier alpha value is 1.10. The fourth-order valence-corrected chi connectivity index (χ4v) is 0. The van der Waals surface area contributed by atoms with Crippen LogP contribution >= 0.6 is 0 Å². The summed E-state index contributed by atoms with van der Waals surface area (Å²) in [5.41, 5.74) is 0. The fourth-order valence-electron chi connectivity index (χ4n) is 0. The minimum atomic E-state index is 0. The first-order valence-corrected chi connectivity index (χ1v) is 1.22. The summed E-state index contributed by atoms with van der Waals surface area (Å²) in [5.74, 6) is 0. The van der Waals surface area contributed by atoms with Crippen molar-refractivity contribution in [2.75, 3.05) is 0 Å². The van der Waals surface area contributed by atoms with Gasteiger partial charge in [0.1, 0.15) is 0 Å². The van der Waals surface area contributed by atoms with Crippen molar-refractivity contribution in [3.8, 4) is 0 Å². The summed E-state index contributed by atoms with van der Waals surface area (Å²) in [6, 6.07) is 0. The summed E-state index contributed by atoms with van der Waals surface area (Å²) in [7, 11) is 3.44. The molecule has 0 unspecified atom stereocenters. The Morgan fingerprint density at radius 2 is 0.833 bits per heavy atom. The van der Waals surface area contributed by atoms with Gasteiger partial charge >= 0.3 is 61.9 Å². The van der Waals surface area contributed by atoms with Gasteiger partial charge in [0.15, 0.2) is 0 Å². The summed E-state index contributed by atoms with van der Waals surface area (Å²) in [5, 5.41) is 0. The molecule has 24 valence electrons. The Morgan fingerprint density at radius 3 is 0.833 bits per heavy atom. The van der Waals surface area contributed by atoms with E-state index >= 15 is 0 Å². The van der Waals surface area contributed by atoms with Crippen molar-refractivity contribution in [1.82, 2.24) is 0 Å².